The predicted molar refractivity (Wildman–Crippen MR) is 75.2 cm³/mol. The summed E-state index contributed by atoms with van der Waals surface area (Å²) in [5.74, 6) is -1.08. The number of rotatable bonds is 4. The van der Waals surface area contributed by atoms with Crippen LogP contribution in [0.5, 0.6) is 0 Å². The molecule has 1 aromatic carbocycles. The van der Waals surface area contributed by atoms with Gasteiger partial charge in [0, 0.05) is 6.54 Å². The van der Waals surface area contributed by atoms with Crippen LogP contribution in [0.15, 0.2) is 30.6 Å². The standard InChI is InChI=1S/C14H15N5O3/c20-13(18-7-1-2-12(18)14(21)22)8-10-3-5-11(6-4-10)19-9-15-16-17-19/h3-6,9,12H,1-2,7-8H2,(H,21,22)/t12-/m1/s1. The molecule has 2 heterocycles. The molecule has 0 radical (unpaired) electrons. The SMILES string of the molecule is O=C(O)[C@H]1CCCN1C(=O)Cc1ccc(-n2cnnn2)cc1. The normalized spacial score (nSPS) is 17.6. The Labute approximate surface area is 126 Å². The first-order chi connectivity index (χ1) is 10.6. The van der Waals surface area contributed by atoms with Gasteiger partial charge in [-0.3, -0.25) is 4.79 Å². The summed E-state index contributed by atoms with van der Waals surface area (Å²) in [6.45, 7) is 0.512. The van der Waals surface area contributed by atoms with E-state index in [-0.39, 0.29) is 12.3 Å². The molecule has 8 nitrogen and oxygen atoms in total. The highest BCUT2D eigenvalue weighted by molar-refractivity contribution is 5.85. The molecule has 0 bridgehead atoms. The molecule has 0 spiro atoms. The summed E-state index contributed by atoms with van der Waals surface area (Å²) < 4.78 is 1.52. The van der Waals surface area contributed by atoms with Gasteiger partial charge < -0.3 is 10.0 Å². The molecular weight excluding hydrogens is 286 g/mol. The van der Waals surface area contributed by atoms with Gasteiger partial charge in [0.05, 0.1) is 12.1 Å². The zero-order chi connectivity index (χ0) is 15.5. The van der Waals surface area contributed by atoms with Crippen LogP contribution >= 0.6 is 0 Å². The molecule has 3 rings (SSSR count). The Hall–Kier alpha value is -2.77. The van der Waals surface area contributed by atoms with Crippen molar-refractivity contribution in [1.82, 2.24) is 25.1 Å². The maximum atomic E-state index is 12.3. The Morgan fingerprint density at radius 2 is 2.05 bits per heavy atom. The lowest BCUT2D eigenvalue weighted by Gasteiger charge is -2.21. The first-order valence-electron chi connectivity index (χ1n) is 7.00. The zero-order valence-electron chi connectivity index (χ0n) is 11.8. The van der Waals surface area contributed by atoms with Crippen molar-refractivity contribution in [2.45, 2.75) is 25.3 Å². The van der Waals surface area contributed by atoms with Crippen molar-refractivity contribution in [3.05, 3.63) is 36.2 Å². The van der Waals surface area contributed by atoms with Crippen molar-refractivity contribution >= 4 is 11.9 Å². The van der Waals surface area contributed by atoms with Crippen molar-refractivity contribution in [3.63, 3.8) is 0 Å². The van der Waals surface area contributed by atoms with Crippen LogP contribution in [0.3, 0.4) is 0 Å². The number of tetrazole rings is 1. The monoisotopic (exact) mass is 301 g/mol. The first kappa shape index (κ1) is 14.2. The van der Waals surface area contributed by atoms with Gasteiger partial charge in [0.2, 0.25) is 5.91 Å². The molecule has 8 heteroatoms. The Kier molecular flexibility index (Phi) is 3.82. The van der Waals surface area contributed by atoms with Crippen LogP contribution in [-0.4, -0.2) is 54.7 Å². The van der Waals surface area contributed by atoms with Gasteiger partial charge in [0.15, 0.2) is 0 Å². The molecule has 1 atom stereocenters. The number of aromatic nitrogens is 4. The van der Waals surface area contributed by atoms with E-state index in [9.17, 15) is 9.59 Å². The molecule has 0 aliphatic carbocycles. The van der Waals surface area contributed by atoms with Crippen LogP contribution in [0.4, 0.5) is 0 Å². The maximum absolute atomic E-state index is 12.3. The Balaban J connectivity index is 1.68. The highest BCUT2D eigenvalue weighted by Gasteiger charge is 2.33. The number of benzene rings is 1. The van der Waals surface area contributed by atoms with Gasteiger partial charge in [-0.25, -0.2) is 9.48 Å². The molecule has 22 heavy (non-hydrogen) atoms. The molecule has 1 aliphatic rings. The van der Waals surface area contributed by atoms with E-state index in [0.29, 0.717) is 13.0 Å². The largest absolute Gasteiger partial charge is 0.480 e. The van der Waals surface area contributed by atoms with E-state index in [2.05, 4.69) is 15.5 Å². The summed E-state index contributed by atoms with van der Waals surface area (Å²) in [4.78, 5) is 24.9. The summed E-state index contributed by atoms with van der Waals surface area (Å²) >= 11 is 0. The average Bonchev–Trinajstić information content (AvgIpc) is 3.19. The van der Waals surface area contributed by atoms with E-state index in [0.717, 1.165) is 17.7 Å². The van der Waals surface area contributed by atoms with Crippen LogP contribution in [0.25, 0.3) is 5.69 Å². The fraction of sp³-hybridized carbons (Fsp3) is 0.357. The molecule has 0 unspecified atom stereocenters. The van der Waals surface area contributed by atoms with E-state index >= 15 is 0 Å². The topological polar surface area (TPSA) is 101 Å². The van der Waals surface area contributed by atoms with Crippen LogP contribution in [-0.2, 0) is 16.0 Å². The zero-order valence-corrected chi connectivity index (χ0v) is 11.8. The molecule has 1 aliphatic heterocycles. The lowest BCUT2D eigenvalue weighted by Crippen LogP contribution is -2.41. The molecule has 1 aromatic heterocycles. The van der Waals surface area contributed by atoms with Crippen molar-refractivity contribution in [2.24, 2.45) is 0 Å². The van der Waals surface area contributed by atoms with Crippen molar-refractivity contribution < 1.29 is 14.7 Å². The third-order valence-corrected chi connectivity index (χ3v) is 3.76. The molecular formula is C14H15N5O3. The number of amides is 1. The van der Waals surface area contributed by atoms with Crippen molar-refractivity contribution in [2.75, 3.05) is 6.54 Å². The lowest BCUT2D eigenvalue weighted by atomic mass is 10.1. The second-order valence-corrected chi connectivity index (χ2v) is 5.18. The maximum Gasteiger partial charge on any atom is 0.326 e. The number of hydrogen-bond donors (Lipinski definition) is 1. The molecule has 1 fully saturated rings. The van der Waals surface area contributed by atoms with Gasteiger partial charge in [-0.1, -0.05) is 12.1 Å². The number of aliphatic carboxylic acids is 1. The van der Waals surface area contributed by atoms with Crippen molar-refractivity contribution in [1.29, 1.82) is 0 Å². The molecule has 2 aromatic rings. The van der Waals surface area contributed by atoms with Gasteiger partial charge in [0.1, 0.15) is 12.4 Å². The number of carboxylic acids is 1. The van der Waals surface area contributed by atoms with Gasteiger partial charge in [-0.15, -0.1) is 5.10 Å². The molecule has 114 valence electrons. The first-order valence-corrected chi connectivity index (χ1v) is 7.00. The summed E-state index contributed by atoms with van der Waals surface area (Å²) in [6.07, 6.45) is 2.95. The number of carbonyl (C=O) groups is 2. The Morgan fingerprint density at radius 3 is 2.68 bits per heavy atom. The molecule has 1 amide bonds. The second-order valence-electron chi connectivity index (χ2n) is 5.18. The fourth-order valence-corrected chi connectivity index (χ4v) is 2.64. The highest BCUT2D eigenvalue weighted by atomic mass is 16.4. The smallest absolute Gasteiger partial charge is 0.326 e. The minimum Gasteiger partial charge on any atom is -0.480 e. The van der Waals surface area contributed by atoms with Gasteiger partial charge >= 0.3 is 5.97 Å². The van der Waals surface area contributed by atoms with Gasteiger partial charge in [-0.2, -0.15) is 0 Å². The minimum absolute atomic E-state index is 0.153. The third kappa shape index (κ3) is 2.80. The van der Waals surface area contributed by atoms with Gasteiger partial charge in [-0.05, 0) is 41.0 Å². The highest BCUT2D eigenvalue weighted by Crippen LogP contribution is 2.19. The summed E-state index contributed by atoms with van der Waals surface area (Å²) in [5.41, 5.74) is 1.63. The number of hydrogen-bond acceptors (Lipinski definition) is 5. The van der Waals surface area contributed by atoms with Crippen molar-refractivity contribution in [3.8, 4) is 5.69 Å². The molecule has 1 N–H and O–H groups in total. The lowest BCUT2D eigenvalue weighted by molar-refractivity contribution is -0.148. The molecule has 1 saturated heterocycles. The minimum atomic E-state index is -0.931. The van der Waals surface area contributed by atoms with E-state index < -0.39 is 12.0 Å². The Morgan fingerprint density at radius 1 is 1.27 bits per heavy atom. The van der Waals surface area contributed by atoms with Crippen LogP contribution in [0, 0.1) is 0 Å². The number of carbonyl (C=O) groups excluding carboxylic acids is 1. The van der Waals surface area contributed by atoms with E-state index in [1.165, 1.54) is 15.9 Å². The van der Waals surface area contributed by atoms with Gasteiger partial charge in [0.25, 0.3) is 0 Å². The van der Waals surface area contributed by atoms with Crippen LogP contribution < -0.4 is 0 Å². The van der Waals surface area contributed by atoms with Crippen LogP contribution in [0.1, 0.15) is 18.4 Å². The molecule has 0 saturated carbocycles. The van der Waals surface area contributed by atoms with E-state index in [1.807, 2.05) is 24.3 Å². The second kappa shape index (κ2) is 5.92. The summed E-state index contributed by atoms with van der Waals surface area (Å²) in [6, 6.07) is 6.59. The number of carboxylic acid groups (broad SMARTS) is 1. The average molecular weight is 301 g/mol. The number of likely N-dealkylation sites (tertiary alicyclic amines) is 1. The quantitative estimate of drug-likeness (QED) is 0.870. The predicted octanol–water partition coefficient (Wildman–Crippen LogP) is 0.280. The van der Waals surface area contributed by atoms with E-state index in [1.54, 1.807) is 0 Å². The Bertz CT molecular complexity index is 668. The summed E-state index contributed by atoms with van der Waals surface area (Å²) in [5, 5.41) is 20.0. The third-order valence-electron chi connectivity index (χ3n) is 3.76. The van der Waals surface area contributed by atoms with Crippen LogP contribution in [0.2, 0.25) is 0 Å². The number of nitrogens with zero attached hydrogens (tertiary/aromatic N) is 5. The summed E-state index contributed by atoms with van der Waals surface area (Å²) in [7, 11) is 0. The fourth-order valence-electron chi connectivity index (χ4n) is 2.64. The van der Waals surface area contributed by atoms with E-state index in [4.69, 9.17) is 5.11 Å².